The lowest BCUT2D eigenvalue weighted by Gasteiger charge is -2.09. The molecule has 0 amide bonds. The summed E-state index contributed by atoms with van der Waals surface area (Å²) in [5.41, 5.74) is 0.964. The highest BCUT2D eigenvalue weighted by molar-refractivity contribution is 7.92. The van der Waals surface area contributed by atoms with E-state index in [1.165, 1.54) is 6.20 Å². The van der Waals surface area contributed by atoms with Gasteiger partial charge in [-0.05, 0) is 30.2 Å². The summed E-state index contributed by atoms with van der Waals surface area (Å²) in [6.45, 7) is 1.77. The second kappa shape index (κ2) is 5.28. The number of nitrogens with zero attached hydrogens (tertiary/aromatic N) is 3. The van der Waals surface area contributed by atoms with Gasteiger partial charge in [-0.3, -0.25) is 4.72 Å². The summed E-state index contributed by atoms with van der Waals surface area (Å²) in [4.78, 5) is 11.0. The van der Waals surface area contributed by atoms with Crippen molar-refractivity contribution in [2.24, 2.45) is 0 Å². The number of anilines is 1. The van der Waals surface area contributed by atoms with Gasteiger partial charge in [0.05, 0.1) is 18.1 Å². The van der Waals surface area contributed by atoms with Gasteiger partial charge in [0.25, 0.3) is 10.0 Å². The van der Waals surface area contributed by atoms with Crippen LogP contribution in [0.4, 0.5) is 5.69 Å². The molecule has 0 bridgehead atoms. The lowest BCUT2D eigenvalue weighted by molar-refractivity contribution is 0.600. The van der Waals surface area contributed by atoms with Crippen LogP contribution in [0.1, 0.15) is 5.56 Å². The molecule has 6 nitrogen and oxygen atoms in total. The van der Waals surface area contributed by atoms with Crippen LogP contribution in [0.25, 0.3) is 0 Å². The Hall–Kier alpha value is -1.44. The Kier molecular flexibility index (Phi) is 3.88. The minimum Gasteiger partial charge on any atom is -0.276 e. The molecule has 0 aliphatic heterocycles. The zero-order valence-electron chi connectivity index (χ0n) is 9.63. The van der Waals surface area contributed by atoms with Gasteiger partial charge in [0.1, 0.15) is 4.90 Å². The van der Waals surface area contributed by atoms with E-state index in [0.717, 1.165) is 18.0 Å². The average Bonchev–Trinajstić information content (AvgIpc) is 2.34. The summed E-state index contributed by atoms with van der Waals surface area (Å²) in [6.07, 6.45) is 3.75. The largest absolute Gasteiger partial charge is 0.276 e. The van der Waals surface area contributed by atoms with Crippen LogP contribution in [0.2, 0.25) is 10.4 Å². The van der Waals surface area contributed by atoms with Crippen molar-refractivity contribution in [1.29, 1.82) is 0 Å². The predicted molar refractivity (Wildman–Crippen MR) is 71.8 cm³/mol. The molecule has 2 aromatic heterocycles. The molecular formula is C10H8Cl2N4O2S. The molecule has 0 fully saturated rings. The molecule has 1 N–H and O–H groups in total. The summed E-state index contributed by atoms with van der Waals surface area (Å²) in [5, 5.41) is 0.0262. The Labute approximate surface area is 119 Å². The summed E-state index contributed by atoms with van der Waals surface area (Å²) >= 11 is 11.3. The van der Waals surface area contributed by atoms with Crippen LogP contribution in [0.5, 0.6) is 0 Å². The smallest absolute Gasteiger partial charge is 0.265 e. The lowest BCUT2D eigenvalue weighted by Crippen LogP contribution is -2.14. The molecule has 0 spiro atoms. The first-order chi connectivity index (χ1) is 8.88. The third-order valence-electron chi connectivity index (χ3n) is 2.13. The normalized spacial score (nSPS) is 11.3. The van der Waals surface area contributed by atoms with Gasteiger partial charge >= 0.3 is 0 Å². The Balaban J connectivity index is 2.36. The van der Waals surface area contributed by atoms with Crippen LogP contribution in [0.15, 0.2) is 29.6 Å². The number of hydrogen-bond acceptors (Lipinski definition) is 5. The zero-order valence-corrected chi connectivity index (χ0v) is 12.0. The quantitative estimate of drug-likeness (QED) is 0.693. The van der Waals surface area contributed by atoms with E-state index in [9.17, 15) is 8.42 Å². The Morgan fingerprint density at radius 3 is 2.37 bits per heavy atom. The van der Waals surface area contributed by atoms with E-state index in [4.69, 9.17) is 23.2 Å². The van der Waals surface area contributed by atoms with Gasteiger partial charge in [0, 0.05) is 6.20 Å². The van der Waals surface area contributed by atoms with Gasteiger partial charge in [-0.1, -0.05) is 11.6 Å². The fourth-order valence-electron chi connectivity index (χ4n) is 1.27. The van der Waals surface area contributed by atoms with Crippen LogP contribution >= 0.6 is 23.2 Å². The first kappa shape index (κ1) is 14.0. The monoisotopic (exact) mass is 318 g/mol. The molecule has 100 valence electrons. The van der Waals surface area contributed by atoms with E-state index in [1.54, 1.807) is 13.0 Å². The molecule has 19 heavy (non-hydrogen) atoms. The molecular weight excluding hydrogens is 311 g/mol. The molecule has 2 aromatic rings. The van der Waals surface area contributed by atoms with Crippen molar-refractivity contribution < 1.29 is 8.42 Å². The Morgan fingerprint density at radius 1 is 1.11 bits per heavy atom. The summed E-state index contributed by atoms with van der Waals surface area (Å²) in [7, 11) is -3.83. The lowest BCUT2D eigenvalue weighted by atomic mass is 10.3. The number of pyridine rings is 1. The highest BCUT2D eigenvalue weighted by Crippen LogP contribution is 2.23. The molecule has 0 saturated heterocycles. The van der Waals surface area contributed by atoms with Gasteiger partial charge < -0.3 is 0 Å². The zero-order chi connectivity index (χ0) is 14.0. The topological polar surface area (TPSA) is 84.8 Å². The predicted octanol–water partition coefficient (Wildman–Crippen LogP) is 2.29. The second-order valence-corrected chi connectivity index (χ2v) is 6.02. The maximum atomic E-state index is 12.1. The second-order valence-electron chi connectivity index (χ2n) is 3.64. The van der Waals surface area contributed by atoms with E-state index in [0.29, 0.717) is 0 Å². The first-order valence-electron chi connectivity index (χ1n) is 5.01. The number of halogens is 2. The minimum atomic E-state index is -3.83. The van der Waals surface area contributed by atoms with Crippen molar-refractivity contribution >= 4 is 38.9 Å². The number of aryl methyl sites for hydroxylation is 1. The molecule has 0 aliphatic carbocycles. The average molecular weight is 319 g/mol. The van der Waals surface area contributed by atoms with Crippen LogP contribution in [-0.2, 0) is 10.0 Å². The summed E-state index contributed by atoms with van der Waals surface area (Å²) in [5.74, 6) is 0. The number of nitrogens with one attached hydrogen (secondary N) is 1. The van der Waals surface area contributed by atoms with Crippen molar-refractivity contribution in [2.75, 3.05) is 4.72 Å². The van der Waals surface area contributed by atoms with Gasteiger partial charge in [-0.2, -0.15) is 0 Å². The molecule has 0 aromatic carbocycles. The molecule has 0 aliphatic rings. The van der Waals surface area contributed by atoms with E-state index in [1.807, 2.05) is 0 Å². The van der Waals surface area contributed by atoms with Crippen LogP contribution in [0.3, 0.4) is 0 Å². The third kappa shape index (κ3) is 3.31. The fourth-order valence-corrected chi connectivity index (χ4v) is 2.52. The molecule has 9 heteroatoms. The van der Waals surface area contributed by atoms with Gasteiger partial charge in [-0.15, -0.1) is 0 Å². The van der Waals surface area contributed by atoms with Gasteiger partial charge in [0.2, 0.25) is 5.28 Å². The van der Waals surface area contributed by atoms with Crippen LogP contribution < -0.4 is 4.72 Å². The van der Waals surface area contributed by atoms with E-state index in [-0.39, 0.29) is 21.0 Å². The maximum absolute atomic E-state index is 12.1. The Bertz CT molecular complexity index is 704. The summed E-state index contributed by atoms with van der Waals surface area (Å²) < 4.78 is 26.4. The van der Waals surface area contributed by atoms with Crippen molar-refractivity contribution in [3.63, 3.8) is 0 Å². The fraction of sp³-hybridized carbons (Fsp3) is 0.100. The van der Waals surface area contributed by atoms with Crippen molar-refractivity contribution in [2.45, 2.75) is 11.8 Å². The summed E-state index contributed by atoms with van der Waals surface area (Å²) in [6, 6.07) is 1.57. The van der Waals surface area contributed by atoms with Gasteiger partial charge in [0.15, 0.2) is 5.15 Å². The van der Waals surface area contributed by atoms with Crippen LogP contribution in [-0.4, -0.2) is 23.4 Å². The molecule has 2 heterocycles. The first-order valence-corrected chi connectivity index (χ1v) is 7.25. The van der Waals surface area contributed by atoms with E-state index >= 15 is 0 Å². The molecule has 0 radical (unpaired) electrons. The van der Waals surface area contributed by atoms with E-state index in [2.05, 4.69) is 19.7 Å². The van der Waals surface area contributed by atoms with Crippen molar-refractivity contribution in [1.82, 2.24) is 15.0 Å². The van der Waals surface area contributed by atoms with Crippen molar-refractivity contribution in [3.05, 3.63) is 40.7 Å². The number of rotatable bonds is 3. The third-order valence-corrected chi connectivity index (χ3v) is 3.94. The molecule has 0 saturated carbocycles. The van der Waals surface area contributed by atoms with Gasteiger partial charge in [-0.25, -0.2) is 23.4 Å². The number of sulfonamides is 1. The molecule has 2 rings (SSSR count). The number of aromatic nitrogens is 3. The highest BCUT2D eigenvalue weighted by atomic mass is 35.5. The number of hydrogen-bond donors (Lipinski definition) is 1. The SMILES string of the molecule is Cc1cnc(Cl)c(NS(=O)(=O)c2cnc(Cl)nc2)c1. The van der Waals surface area contributed by atoms with E-state index < -0.39 is 10.0 Å². The standard InChI is InChI=1S/C10H8Cl2N4O2S/c1-6-2-8(9(11)13-3-6)16-19(17,18)7-4-14-10(12)15-5-7/h2-5,16H,1H3. The minimum absolute atomic E-state index is 0.0331. The molecule has 0 unspecified atom stereocenters. The van der Waals surface area contributed by atoms with Crippen molar-refractivity contribution in [3.8, 4) is 0 Å². The highest BCUT2D eigenvalue weighted by Gasteiger charge is 2.17. The Morgan fingerprint density at radius 2 is 1.74 bits per heavy atom. The maximum Gasteiger partial charge on any atom is 0.265 e. The molecule has 0 atom stereocenters. The van der Waals surface area contributed by atoms with Crippen LogP contribution in [0, 0.1) is 6.92 Å².